The van der Waals surface area contributed by atoms with Gasteiger partial charge in [0.2, 0.25) is 11.8 Å². The third-order valence-corrected chi connectivity index (χ3v) is 2.60. The summed E-state index contributed by atoms with van der Waals surface area (Å²) in [6, 6.07) is 5.26. The number of aromatic nitrogens is 2. The molecule has 2 rings (SSSR count). The van der Waals surface area contributed by atoms with Crippen molar-refractivity contribution in [2.75, 3.05) is 11.9 Å². The second-order valence-corrected chi connectivity index (χ2v) is 4.39. The molecule has 0 fully saturated rings. The van der Waals surface area contributed by atoms with Gasteiger partial charge in [0.1, 0.15) is 11.4 Å². The fraction of sp³-hybridized carbons (Fsp3) is 0.286. The van der Waals surface area contributed by atoms with Crippen molar-refractivity contribution in [3.63, 3.8) is 0 Å². The molecule has 0 saturated heterocycles. The number of alkyl halides is 3. The van der Waals surface area contributed by atoms with Gasteiger partial charge >= 0.3 is 6.18 Å². The van der Waals surface area contributed by atoms with Crippen molar-refractivity contribution in [3.05, 3.63) is 41.8 Å². The molecule has 0 bridgehead atoms. The molecular formula is C14H13F4N3O. The summed E-state index contributed by atoms with van der Waals surface area (Å²) in [7, 11) is 0. The zero-order chi connectivity index (χ0) is 16.2. The van der Waals surface area contributed by atoms with Crippen molar-refractivity contribution in [1.82, 2.24) is 9.97 Å². The van der Waals surface area contributed by atoms with E-state index in [4.69, 9.17) is 4.74 Å². The maximum Gasteiger partial charge on any atom is 0.423 e. The van der Waals surface area contributed by atoms with E-state index in [2.05, 4.69) is 15.3 Å². The highest BCUT2D eigenvalue weighted by atomic mass is 19.4. The molecule has 0 aliphatic carbocycles. The van der Waals surface area contributed by atoms with Crippen LogP contribution >= 0.6 is 0 Å². The molecule has 0 saturated carbocycles. The van der Waals surface area contributed by atoms with Gasteiger partial charge in [-0.3, -0.25) is 0 Å². The lowest BCUT2D eigenvalue weighted by Crippen LogP contribution is -2.12. The molecule has 1 N–H and O–H groups in total. The minimum atomic E-state index is -4.60. The maximum absolute atomic E-state index is 12.9. The Labute approximate surface area is 124 Å². The van der Waals surface area contributed by atoms with Crippen LogP contribution in [0.5, 0.6) is 5.88 Å². The molecule has 0 amide bonds. The van der Waals surface area contributed by atoms with E-state index in [0.29, 0.717) is 18.3 Å². The minimum absolute atomic E-state index is 0.0642. The molecule has 0 aliphatic heterocycles. The summed E-state index contributed by atoms with van der Waals surface area (Å²) in [4.78, 5) is 7.35. The molecule has 2 aromatic rings. The molecule has 0 radical (unpaired) electrons. The normalized spacial score (nSPS) is 11.3. The van der Waals surface area contributed by atoms with Gasteiger partial charge in [-0.15, -0.1) is 0 Å². The van der Waals surface area contributed by atoms with Crippen LogP contribution in [0.15, 0.2) is 30.5 Å². The van der Waals surface area contributed by atoms with Crippen molar-refractivity contribution in [2.45, 2.75) is 19.5 Å². The molecule has 1 aromatic carbocycles. The summed E-state index contributed by atoms with van der Waals surface area (Å²) in [6.45, 7) is 1.88. The number of benzene rings is 1. The maximum atomic E-state index is 12.9. The van der Waals surface area contributed by atoms with Crippen LogP contribution in [0.1, 0.15) is 18.9 Å². The van der Waals surface area contributed by atoms with E-state index in [1.807, 2.05) is 0 Å². The van der Waals surface area contributed by atoms with Crippen LogP contribution in [0.4, 0.5) is 29.2 Å². The van der Waals surface area contributed by atoms with Gasteiger partial charge in [0.15, 0.2) is 0 Å². The summed E-state index contributed by atoms with van der Waals surface area (Å²) < 4.78 is 56.4. The first kappa shape index (κ1) is 16.0. The lowest BCUT2D eigenvalue weighted by atomic mass is 10.3. The number of rotatable bonds is 5. The summed E-state index contributed by atoms with van der Waals surface area (Å²) in [5, 5.41) is 2.69. The Morgan fingerprint density at radius 1 is 1.18 bits per heavy atom. The smallest absolute Gasteiger partial charge is 0.423 e. The first-order valence-corrected chi connectivity index (χ1v) is 6.49. The number of nitrogens with zero attached hydrogens (tertiary/aromatic N) is 2. The highest BCUT2D eigenvalue weighted by molar-refractivity contribution is 5.53. The predicted octanol–water partition coefficient (Wildman–Crippen LogP) is 4.17. The number of nitrogens with one attached hydrogen (secondary N) is 1. The fourth-order valence-corrected chi connectivity index (χ4v) is 1.59. The van der Waals surface area contributed by atoms with Crippen LogP contribution in [0.25, 0.3) is 0 Å². The van der Waals surface area contributed by atoms with Crippen LogP contribution < -0.4 is 10.1 Å². The molecule has 0 spiro atoms. The zero-order valence-electron chi connectivity index (χ0n) is 11.6. The molecular weight excluding hydrogens is 302 g/mol. The number of hydrogen-bond acceptors (Lipinski definition) is 4. The topological polar surface area (TPSA) is 47.0 Å². The zero-order valence-corrected chi connectivity index (χ0v) is 11.6. The first-order valence-electron chi connectivity index (χ1n) is 6.49. The van der Waals surface area contributed by atoms with E-state index < -0.39 is 23.4 Å². The van der Waals surface area contributed by atoms with Crippen molar-refractivity contribution in [3.8, 4) is 5.88 Å². The van der Waals surface area contributed by atoms with E-state index in [-0.39, 0.29) is 12.6 Å². The van der Waals surface area contributed by atoms with E-state index in [9.17, 15) is 17.6 Å². The van der Waals surface area contributed by atoms with Gasteiger partial charge in [-0.25, -0.2) is 9.37 Å². The molecule has 4 nitrogen and oxygen atoms in total. The largest absolute Gasteiger partial charge is 0.477 e. The van der Waals surface area contributed by atoms with Crippen molar-refractivity contribution in [2.24, 2.45) is 0 Å². The molecule has 0 aliphatic rings. The quantitative estimate of drug-likeness (QED) is 0.841. The molecule has 1 heterocycles. The SMILES string of the molecule is CCCOc1nc(Nc2ccc(F)cc2)ncc1C(F)(F)F. The van der Waals surface area contributed by atoms with Crippen molar-refractivity contribution in [1.29, 1.82) is 0 Å². The highest BCUT2D eigenvalue weighted by Gasteiger charge is 2.36. The highest BCUT2D eigenvalue weighted by Crippen LogP contribution is 2.35. The summed E-state index contributed by atoms with van der Waals surface area (Å²) in [6.07, 6.45) is -3.40. The Bertz CT molecular complexity index is 629. The second kappa shape index (κ2) is 6.59. The summed E-state index contributed by atoms with van der Waals surface area (Å²) >= 11 is 0. The van der Waals surface area contributed by atoms with Gasteiger partial charge in [-0.05, 0) is 30.7 Å². The van der Waals surface area contributed by atoms with E-state index in [1.165, 1.54) is 24.3 Å². The minimum Gasteiger partial charge on any atom is -0.477 e. The van der Waals surface area contributed by atoms with Crippen LogP contribution in [-0.2, 0) is 6.18 Å². The van der Waals surface area contributed by atoms with E-state index >= 15 is 0 Å². The third-order valence-electron chi connectivity index (χ3n) is 2.60. The van der Waals surface area contributed by atoms with Gasteiger partial charge in [0, 0.05) is 11.9 Å². The van der Waals surface area contributed by atoms with Crippen LogP contribution in [0, 0.1) is 5.82 Å². The number of anilines is 2. The standard InChI is InChI=1S/C14H13F4N3O/c1-2-7-22-12-11(14(16,17)18)8-19-13(21-12)20-10-5-3-9(15)4-6-10/h3-6,8H,2,7H2,1H3,(H,19,20,21). The van der Waals surface area contributed by atoms with E-state index in [0.717, 1.165) is 0 Å². The van der Waals surface area contributed by atoms with Crippen molar-refractivity contribution < 1.29 is 22.3 Å². The number of halogens is 4. The molecule has 118 valence electrons. The van der Waals surface area contributed by atoms with Gasteiger partial charge < -0.3 is 10.1 Å². The van der Waals surface area contributed by atoms with Gasteiger partial charge in [0.25, 0.3) is 0 Å². The molecule has 0 atom stereocenters. The van der Waals surface area contributed by atoms with Crippen LogP contribution in [0.3, 0.4) is 0 Å². The average Bonchev–Trinajstić information content (AvgIpc) is 2.46. The van der Waals surface area contributed by atoms with Crippen LogP contribution in [0.2, 0.25) is 0 Å². The average molecular weight is 315 g/mol. The Balaban J connectivity index is 2.27. The first-order chi connectivity index (χ1) is 10.4. The predicted molar refractivity (Wildman–Crippen MR) is 72.5 cm³/mol. The van der Waals surface area contributed by atoms with Gasteiger partial charge in [0.05, 0.1) is 6.61 Å². The molecule has 0 unspecified atom stereocenters. The third kappa shape index (κ3) is 4.06. The molecule has 8 heteroatoms. The van der Waals surface area contributed by atoms with Gasteiger partial charge in [-0.1, -0.05) is 6.92 Å². The summed E-state index contributed by atoms with van der Waals surface area (Å²) in [5.74, 6) is -1.02. The Hall–Kier alpha value is -2.38. The van der Waals surface area contributed by atoms with Crippen LogP contribution in [-0.4, -0.2) is 16.6 Å². The Morgan fingerprint density at radius 3 is 2.45 bits per heavy atom. The van der Waals surface area contributed by atoms with E-state index in [1.54, 1.807) is 6.92 Å². The van der Waals surface area contributed by atoms with Gasteiger partial charge in [-0.2, -0.15) is 18.2 Å². The van der Waals surface area contributed by atoms with Crippen molar-refractivity contribution >= 4 is 11.6 Å². The lowest BCUT2D eigenvalue weighted by molar-refractivity contribution is -0.139. The monoisotopic (exact) mass is 315 g/mol. The number of hydrogen-bond donors (Lipinski definition) is 1. The Kier molecular flexibility index (Phi) is 4.79. The lowest BCUT2D eigenvalue weighted by Gasteiger charge is -2.13. The number of ether oxygens (including phenoxy) is 1. The fourth-order valence-electron chi connectivity index (χ4n) is 1.59. The molecule has 1 aromatic heterocycles. The Morgan fingerprint density at radius 2 is 1.86 bits per heavy atom. The molecule has 22 heavy (non-hydrogen) atoms. The second-order valence-electron chi connectivity index (χ2n) is 4.39. The summed E-state index contributed by atoms with van der Waals surface area (Å²) in [5.41, 5.74) is -0.590.